The molecule has 4 heterocycles. The van der Waals surface area contributed by atoms with E-state index in [-0.39, 0.29) is 11.9 Å². The predicted molar refractivity (Wildman–Crippen MR) is 93.1 cm³/mol. The number of nitrogens with one attached hydrogen (secondary N) is 1. The lowest BCUT2D eigenvalue weighted by atomic mass is 9.74. The van der Waals surface area contributed by atoms with E-state index in [1.807, 2.05) is 6.07 Å². The number of anilines is 2. The molecule has 0 spiro atoms. The van der Waals surface area contributed by atoms with Crippen LogP contribution >= 0.6 is 0 Å². The largest absolute Gasteiger partial charge is 0.359 e. The van der Waals surface area contributed by atoms with E-state index >= 15 is 0 Å². The Labute approximate surface area is 146 Å². The van der Waals surface area contributed by atoms with Gasteiger partial charge in [-0.05, 0) is 25.0 Å². The molecular formula is C17H21N7O. The lowest BCUT2D eigenvalue weighted by molar-refractivity contribution is -0.131. The molecule has 8 nitrogen and oxygen atoms in total. The summed E-state index contributed by atoms with van der Waals surface area (Å²) in [5, 5.41) is 2.88. The van der Waals surface area contributed by atoms with Gasteiger partial charge in [0, 0.05) is 45.3 Å². The molecule has 0 aliphatic carbocycles. The summed E-state index contributed by atoms with van der Waals surface area (Å²) in [6.07, 6.45) is 8.55. The highest BCUT2D eigenvalue weighted by molar-refractivity contribution is 5.86. The topological polar surface area (TPSA) is 87.1 Å². The van der Waals surface area contributed by atoms with Crippen LogP contribution in [0.25, 0.3) is 0 Å². The molecule has 130 valence electrons. The van der Waals surface area contributed by atoms with Gasteiger partial charge in [-0.2, -0.15) is 0 Å². The molecule has 8 heteroatoms. The van der Waals surface area contributed by atoms with Gasteiger partial charge in [-0.1, -0.05) is 0 Å². The summed E-state index contributed by atoms with van der Waals surface area (Å²) < 4.78 is 0. The number of rotatable bonds is 3. The van der Waals surface area contributed by atoms with Crippen molar-refractivity contribution in [2.45, 2.75) is 18.9 Å². The number of nitrogens with zero attached hydrogens (tertiary/aromatic N) is 6. The zero-order chi connectivity index (χ0) is 17.3. The molecule has 25 heavy (non-hydrogen) atoms. The summed E-state index contributed by atoms with van der Waals surface area (Å²) in [5.74, 6) is 1.61. The highest BCUT2D eigenvalue weighted by Crippen LogP contribution is 2.44. The molecule has 0 unspecified atom stereocenters. The van der Waals surface area contributed by atoms with Crippen molar-refractivity contribution >= 4 is 17.7 Å². The minimum atomic E-state index is -0.489. The fourth-order valence-electron chi connectivity index (χ4n) is 4.17. The fourth-order valence-corrected chi connectivity index (χ4v) is 4.17. The van der Waals surface area contributed by atoms with Gasteiger partial charge in [0.25, 0.3) is 0 Å². The van der Waals surface area contributed by atoms with Crippen LogP contribution in [0.1, 0.15) is 12.8 Å². The average molecular weight is 339 g/mol. The van der Waals surface area contributed by atoms with Gasteiger partial charge in [0.2, 0.25) is 11.9 Å². The zero-order valence-corrected chi connectivity index (χ0v) is 14.2. The molecule has 2 aliphatic heterocycles. The number of piperidine rings is 1. The van der Waals surface area contributed by atoms with Crippen LogP contribution in [0.5, 0.6) is 0 Å². The van der Waals surface area contributed by atoms with Crippen LogP contribution in [0.4, 0.5) is 11.8 Å². The van der Waals surface area contributed by atoms with Gasteiger partial charge in [-0.3, -0.25) is 4.79 Å². The molecule has 2 atom stereocenters. The molecule has 1 N–H and O–H groups in total. The van der Waals surface area contributed by atoms with Crippen molar-refractivity contribution in [3.05, 3.63) is 37.1 Å². The summed E-state index contributed by atoms with van der Waals surface area (Å²) in [4.78, 5) is 34.4. The lowest BCUT2D eigenvalue weighted by Crippen LogP contribution is -2.58. The van der Waals surface area contributed by atoms with Crippen molar-refractivity contribution in [2.75, 3.05) is 36.5 Å². The van der Waals surface area contributed by atoms with Gasteiger partial charge in [-0.25, -0.2) is 19.9 Å². The maximum Gasteiger partial charge on any atom is 0.229 e. The van der Waals surface area contributed by atoms with Gasteiger partial charge >= 0.3 is 0 Å². The number of aromatic nitrogens is 4. The Morgan fingerprint density at radius 3 is 2.84 bits per heavy atom. The minimum Gasteiger partial charge on any atom is -0.359 e. The summed E-state index contributed by atoms with van der Waals surface area (Å²) in [7, 11) is 1.71. The Bertz CT molecular complexity index is 741. The van der Waals surface area contributed by atoms with Crippen molar-refractivity contribution in [2.24, 2.45) is 5.41 Å². The molecule has 2 aliphatic rings. The molecule has 0 aromatic carbocycles. The number of amides is 1. The molecule has 2 fully saturated rings. The number of hydrogen-bond donors (Lipinski definition) is 1. The van der Waals surface area contributed by atoms with Crippen molar-refractivity contribution in [3.63, 3.8) is 0 Å². The van der Waals surface area contributed by atoms with E-state index in [1.165, 1.54) is 0 Å². The van der Waals surface area contributed by atoms with Crippen molar-refractivity contribution in [3.8, 4) is 0 Å². The monoisotopic (exact) mass is 339 g/mol. The summed E-state index contributed by atoms with van der Waals surface area (Å²) in [6.45, 7) is 2.20. The smallest absolute Gasteiger partial charge is 0.229 e. The van der Waals surface area contributed by atoms with Gasteiger partial charge in [-0.15, -0.1) is 0 Å². The van der Waals surface area contributed by atoms with Crippen molar-refractivity contribution in [1.29, 1.82) is 0 Å². The molecule has 2 aromatic rings. The molecule has 0 radical (unpaired) electrons. The fraction of sp³-hybridized carbons (Fsp3) is 0.471. The van der Waals surface area contributed by atoms with E-state index in [0.717, 1.165) is 25.2 Å². The maximum absolute atomic E-state index is 12.9. The van der Waals surface area contributed by atoms with Gasteiger partial charge in [0.05, 0.1) is 11.5 Å². The Morgan fingerprint density at radius 1 is 1.28 bits per heavy atom. The highest BCUT2D eigenvalue weighted by Gasteiger charge is 2.56. The predicted octanol–water partition coefficient (Wildman–Crippen LogP) is 0.488. The Morgan fingerprint density at radius 2 is 2.12 bits per heavy atom. The van der Waals surface area contributed by atoms with Crippen LogP contribution in [0, 0.1) is 5.41 Å². The third kappa shape index (κ3) is 2.57. The SMILES string of the molecule is CNC(=O)[C@]12CCCN(c3ncccn3)[C@H]1CN(c1ccncn1)C2. The van der Waals surface area contributed by atoms with Crippen LogP contribution in [0.2, 0.25) is 0 Å². The first-order valence-corrected chi connectivity index (χ1v) is 8.51. The van der Waals surface area contributed by atoms with Crippen LogP contribution in [-0.2, 0) is 4.79 Å². The summed E-state index contributed by atoms with van der Waals surface area (Å²) in [6, 6.07) is 3.71. The van der Waals surface area contributed by atoms with Gasteiger partial charge in [0.1, 0.15) is 12.1 Å². The number of fused-ring (bicyclic) bond motifs is 1. The molecule has 1 amide bonds. The number of carbonyl (C=O) groups is 1. The van der Waals surface area contributed by atoms with Crippen molar-refractivity contribution in [1.82, 2.24) is 25.3 Å². The first-order chi connectivity index (χ1) is 12.2. The van der Waals surface area contributed by atoms with E-state index in [0.29, 0.717) is 19.0 Å². The van der Waals surface area contributed by atoms with Crippen LogP contribution in [0.3, 0.4) is 0 Å². The average Bonchev–Trinajstić information content (AvgIpc) is 3.10. The van der Waals surface area contributed by atoms with Crippen LogP contribution in [0.15, 0.2) is 37.1 Å². The highest BCUT2D eigenvalue weighted by atomic mass is 16.2. The van der Waals surface area contributed by atoms with E-state index in [4.69, 9.17) is 0 Å². The third-order valence-corrected chi connectivity index (χ3v) is 5.28. The molecule has 4 rings (SSSR count). The second-order valence-corrected chi connectivity index (χ2v) is 6.54. The van der Waals surface area contributed by atoms with Gasteiger partial charge < -0.3 is 15.1 Å². The summed E-state index contributed by atoms with van der Waals surface area (Å²) in [5.41, 5.74) is -0.489. The first kappa shape index (κ1) is 15.7. The van der Waals surface area contributed by atoms with E-state index in [9.17, 15) is 4.79 Å². The van der Waals surface area contributed by atoms with Crippen LogP contribution in [-0.4, -0.2) is 58.6 Å². The molecule has 2 saturated heterocycles. The third-order valence-electron chi connectivity index (χ3n) is 5.28. The second kappa shape index (κ2) is 6.27. The molecular weight excluding hydrogens is 318 g/mol. The lowest BCUT2D eigenvalue weighted by Gasteiger charge is -2.43. The van der Waals surface area contributed by atoms with Gasteiger partial charge in [0.15, 0.2) is 0 Å². The second-order valence-electron chi connectivity index (χ2n) is 6.54. The maximum atomic E-state index is 12.9. The Kier molecular flexibility index (Phi) is 3.95. The van der Waals surface area contributed by atoms with Crippen molar-refractivity contribution < 1.29 is 4.79 Å². The van der Waals surface area contributed by atoms with E-state index in [2.05, 4.69) is 35.1 Å². The van der Waals surface area contributed by atoms with E-state index < -0.39 is 5.41 Å². The van der Waals surface area contributed by atoms with E-state index in [1.54, 1.807) is 38.0 Å². The Hall–Kier alpha value is -2.77. The molecule has 0 bridgehead atoms. The normalized spacial score (nSPS) is 25.6. The Balaban J connectivity index is 1.72. The molecule has 0 saturated carbocycles. The quantitative estimate of drug-likeness (QED) is 0.870. The molecule has 2 aromatic heterocycles. The first-order valence-electron chi connectivity index (χ1n) is 8.51. The standard InChI is InChI=1S/C17H21N7O/c1-18-15(25)17-5-2-9-24(16-20-6-3-7-21-16)13(17)10-23(11-17)14-4-8-19-12-22-14/h3-4,6-8,12-13H,2,5,9-11H2,1H3,(H,18,25)/t13-,17-/m0/s1. The van der Waals surface area contributed by atoms with Crippen LogP contribution < -0.4 is 15.1 Å². The zero-order valence-electron chi connectivity index (χ0n) is 14.2. The summed E-state index contributed by atoms with van der Waals surface area (Å²) >= 11 is 0. The number of carbonyl (C=O) groups excluding carboxylic acids is 1. The minimum absolute atomic E-state index is 0.0126. The number of hydrogen-bond acceptors (Lipinski definition) is 7.